The highest BCUT2D eigenvalue weighted by Gasteiger charge is 2.05. The van der Waals surface area contributed by atoms with Crippen LogP contribution in [0.4, 0.5) is 15.8 Å². The molecule has 3 nitrogen and oxygen atoms in total. The van der Waals surface area contributed by atoms with Crippen molar-refractivity contribution in [3.63, 3.8) is 0 Å². The summed E-state index contributed by atoms with van der Waals surface area (Å²) in [5, 5.41) is 12.1. The van der Waals surface area contributed by atoms with Gasteiger partial charge in [-0.25, -0.2) is 4.39 Å². The molecule has 0 aromatic heterocycles. The average Bonchev–Trinajstić information content (AvgIpc) is 2.46. The molecule has 0 unspecified atom stereocenters. The van der Waals surface area contributed by atoms with Gasteiger partial charge < -0.3 is 10.2 Å². The van der Waals surface area contributed by atoms with Crippen molar-refractivity contribution in [3.05, 3.63) is 59.4 Å². The first kappa shape index (κ1) is 13.9. The van der Waals surface area contributed by atoms with Crippen LogP contribution in [0.3, 0.4) is 0 Å². The Morgan fingerprint density at radius 2 is 1.95 bits per heavy atom. The van der Waals surface area contributed by atoms with Gasteiger partial charge in [0.2, 0.25) is 0 Å². The van der Waals surface area contributed by atoms with Gasteiger partial charge in [0.15, 0.2) is 0 Å². The minimum Gasteiger partial charge on any atom is -0.379 e. The Morgan fingerprint density at radius 3 is 2.65 bits per heavy atom. The van der Waals surface area contributed by atoms with Crippen LogP contribution >= 0.6 is 0 Å². The van der Waals surface area contributed by atoms with Gasteiger partial charge in [-0.1, -0.05) is 18.2 Å². The molecule has 0 aliphatic carbocycles. The molecule has 2 aromatic rings. The quantitative estimate of drug-likeness (QED) is 0.924. The van der Waals surface area contributed by atoms with E-state index in [1.165, 1.54) is 6.07 Å². The summed E-state index contributed by atoms with van der Waals surface area (Å²) in [7, 11) is 3.96. The van der Waals surface area contributed by atoms with Crippen molar-refractivity contribution in [1.82, 2.24) is 0 Å². The number of rotatable bonds is 4. The first-order valence-electron chi connectivity index (χ1n) is 6.30. The topological polar surface area (TPSA) is 39.1 Å². The Kier molecular flexibility index (Phi) is 4.21. The number of nitriles is 1. The van der Waals surface area contributed by atoms with Gasteiger partial charge >= 0.3 is 0 Å². The molecule has 0 saturated carbocycles. The number of nitrogens with zero attached hydrogens (tertiary/aromatic N) is 2. The second-order valence-corrected chi connectivity index (χ2v) is 4.69. The Bertz CT molecular complexity index is 644. The maximum absolute atomic E-state index is 13.3. The number of para-hydroxylation sites is 2. The molecule has 4 heteroatoms. The summed E-state index contributed by atoms with van der Waals surface area (Å²) < 4.78 is 13.3. The fourth-order valence-corrected chi connectivity index (χ4v) is 1.98. The fourth-order valence-electron chi connectivity index (χ4n) is 1.98. The monoisotopic (exact) mass is 269 g/mol. The van der Waals surface area contributed by atoms with Crippen molar-refractivity contribution >= 4 is 11.4 Å². The van der Waals surface area contributed by atoms with Crippen molar-refractivity contribution < 1.29 is 4.39 Å². The predicted octanol–water partition coefficient (Wildman–Crippen LogP) is 3.38. The fraction of sp³-hybridized carbons (Fsp3) is 0.188. The number of nitrogens with one attached hydrogen (secondary N) is 1. The largest absolute Gasteiger partial charge is 0.379 e. The van der Waals surface area contributed by atoms with E-state index in [0.717, 1.165) is 16.9 Å². The van der Waals surface area contributed by atoms with Gasteiger partial charge in [-0.05, 0) is 29.8 Å². The molecule has 2 aromatic carbocycles. The van der Waals surface area contributed by atoms with Crippen LogP contribution in [0.5, 0.6) is 0 Å². The van der Waals surface area contributed by atoms with Gasteiger partial charge in [0.25, 0.3) is 0 Å². The number of benzene rings is 2. The summed E-state index contributed by atoms with van der Waals surface area (Å²) in [4.78, 5) is 2.02. The highest BCUT2D eigenvalue weighted by atomic mass is 19.1. The Balaban J connectivity index is 2.15. The smallest absolute Gasteiger partial charge is 0.140 e. The van der Waals surface area contributed by atoms with Crippen molar-refractivity contribution in [1.29, 1.82) is 5.26 Å². The van der Waals surface area contributed by atoms with Gasteiger partial charge in [-0.3, -0.25) is 0 Å². The van der Waals surface area contributed by atoms with E-state index >= 15 is 0 Å². The number of anilines is 2. The zero-order valence-electron chi connectivity index (χ0n) is 11.5. The lowest BCUT2D eigenvalue weighted by Gasteiger charge is -2.18. The molecular weight excluding hydrogens is 253 g/mol. The van der Waals surface area contributed by atoms with Gasteiger partial charge in [-0.15, -0.1) is 0 Å². The molecular formula is C16H16FN3. The van der Waals surface area contributed by atoms with E-state index in [-0.39, 0.29) is 5.56 Å². The van der Waals surface area contributed by atoms with Gasteiger partial charge in [0.1, 0.15) is 11.9 Å². The highest BCUT2D eigenvalue weighted by molar-refractivity contribution is 5.69. The molecule has 0 aliphatic heterocycles. The highest BCUT2D eigenvalue weighted by Crippen LogP contribution is 2.24. The zero-order chi connectivity index (χ0) is 14.5. The molecule has 0 spiro atoms. The van der Waals surface area contributed by atoms with E-state index in [1.807, 2.05) is 49.3 Å². The molecule has 0 saturated heterocycles. The molecule has 0 fully saturated rings. The molecule has 0 bridgehead atoms. The Labute approximate surface area is 118 Å². The molecule has 0 amide bonds. The van der Waals surface area contributed by atoms with Gasteiger partial charge in [-0.2, -0.15) is 5.26 Å². The molecule has 2 rings (SSSR count). The number of halogens is 1. The van der Waals surface area contributed by atoms with Crippen LogP contribution in [0, 0.1) is 17.1 Å². The number of hydrogen-bond donors (Lipinski definition) is 1. The van der Waals surface area contributed by atoms with Crippen LogP contribution in [0.25, 0.3) is 0 Å². The van der Waals surface area contributed by atoms with E-state index in [2.05, 4.69) is 5.32 Å². The minimum atomic E-state index is -0.482. The predicted molar refractivity (Wildman–Crippen MR) is 79.2 cm³/mol. The number of hydrogen-bond acceptors (Lipinski definition) is 3. The van der Waals surface area contributed by atoms with Crippen molar-refractivity contribution in [2.45, 2.75) is 6.54 Å². The van der Waals surface area contributed by atoms with Crippen molar-refractivity contribution in [2.75, 3.05) is 24.3 Å². The summed E-state index contributed by atoms with van der Waals surface area (Å²) in [5.41, 5.74) is 3.03. The molecule has 0 atom stereocenters. The molecule has 102 valence electrons. The van der Waals surface area contributed by atoms with Crippen LogP contribution < -0.4 is 10.2 Å². The van der Waals surface area contributed by atoms with E-state index in [9.17, 15) is 4.39 Å². The summed E-state index contributed by atoms with van der Waals surface area (Å²) >= 11 is 0. The lowest BCUT2D eigenvalue weighted by Crippen LogP contribution is -2.12. The van der Waals surface area contributed by atoms with Crippen LogP contribution in [-0.4, -0.2) is 14.1 Å². The summed E-state index contributed by atoms with van der Waals surface area (Å²) in [6.45, 7) is 0.541. The summed E-state index contributed by atoms with van der Waals surface area (Å²) in [6, 6.07) is 14.4. The maximum Gasteiger partial charge on any atom is 0.140 e. The van der Waals surface area contributed by atoms with Crippen molar-refractivity contribution in [3.8, 4) is 6.07 Å². The van der Waals surface area contributed by atoms with E-state index in [4.69, 9.17) is 5.26 Å². The summed E-state index contributed by atoms with van der Waals surface area (Å²) in [6.07, 6.45) is 0. The first-order valence-corrected chi connectivity index (χ1v) is 6.30. The molecule has 1 N–H and O–H groups in total. The molecule has 0 heterocycles. The van der Waals surface area contributed by atoms with Gasteiger partial charge in [0, 0.05) is 20.6 Å². The lowest BCUT2D eigenvalue weighted by molar-refractivity contribution is 0.623. The van der Waals surface area contributed by atoms with E-state index in [0.29, 0.717) is 6.54 Å². The van der Waals surface area contributed by atoms with E-state index in [1.54, 1.807) is 12.1 Å². The normalized spacial score (nSPS) is 9.90. The zero-order valence-corrected chi connectivity index (χ0v) is 11.5. The second kappa shape index (κ2) is 6.07. The third-order valence-corrected chi connectivity index (χ3v) is 3.02. The molecule has 20 heavy (non-hydrogen) atoms. The SMILES string of the molecule is CN(C)c1ccccc1NCc1ccc(F)c(C#N)c1. The van der Waals surface area contributed by atoms with Crippen LogP contribution in [0.1, 0.15) is 11.1 Å². The third kappa shape index (κ3) is 3.07. The Morgan fingerprint density at radius 1 is 1.20 bits per heavy atom. The van der Waals surface area contributed by atoms with Gasteiger partial charge in [0.05, 0.1) is 16.9 Å². The first-order chi connectivity index (χ1) is 9.61. The van der Waals surface area contributed by atoms with Crippen molar-refractivity contribution in [2.24, 2.45) is 0 Å². The summed E-state index contributed by atoms with van der Waals surface area (Å²) in [5.74, 6) is -0.482. The van der Waals surface area contributed by atoms with Crippen LogP contribution in [-0.2, 0) is 6.54 Å². The minimum absolute atomic E-state index is 0.0743. The molecule has 0 aliphatic rings. The third-order valence-electron chi connectivity index (χ3n) is 3.02. The van der Waals surface area contributed by atoms with Crippen LogP contribution in [0.2, 0.25) is 0 Å². The standard InChI is InChI=1S/C16H16FN3/c1-20(2)16-6-4-3-5-15(16)19-11-12-7-8-14(17)13(9-12)10-18/h3-9,19H,11H2,1-2H3. The average molecular weight is 269 g/mol. The lowest BCUT2D eigenvalue weighted by atomic mass is 10.1. The Hall–Kier alpha value is -2.54. The molecule has 0 radical (unpaired) electrons. The maximum atomic E-state index is 13.3. The van der Waals surface area contributed by atoms with Crippen LogP contribution in [0.15, 0.2) is 42.5 Å². The second-order valence-electron chi connectivity index (χ2n) is 4.69. The van der Waals surface area contributed by atoms with E-state index < -0.39 is 5.82 Å².